The fourth-order valence-electron chi connectivity index (χ4n) is 2.36. The van der Waals surface area contributed by atoms with Gasteiger partial charge >= 0.3 is 0 Å². The molecule has 0 spiro atoms. The van der Waals surface area contributed by atoms with Crippen molar-refractivity contribution in [2.45, 2.75) is 11.3 Å². The van der Waals surface area contributed by atoms with Crippen molar-refractivity contribution in [1.29, 1.82) is 0 Å². The first-order chi connectivity index (χ1) is 8.89. The predicted molar refractivity (Wildman–Crippen MR) is 74.1 cm³/mol. The van der Waals surface area contributed by atoms with Crippen molar-refractivity contribution in [3.63, 3.8) is 0 Å². The molecule has 1 aromatic rings. The number of aromatic nitrogens is 1. The smallest absolute Gasteiger partial charge is 0.244 e. The summed E-state index contributed by atoms with van der Waals surface area (Å²) in [6, 6.07) is 3.00. The maximum absolute atomic E-state index is 12.3. The van der Waals surface area contributed by atoms with Crippen LogP contribution in [-0.2, 0) is 10.0 Å². The first kappa shape index (κ1) is 14.2. The number of nitrogen functional groups attached to an aromatic ring is 1. The SMILES string of the molecule is CN1CCC(CN(C)S(=O)(=O)c2ccc(N)nc2)C1. The van der Waals surface area contributed by atoms with Crippen LogP contribution < -0.4 is 5.73 Å². The van der Waals surface area contributed by atoms with E-state index in [-0.39, 0.29) is 4.90 Å². The molecule has 2 rings (SSSR count). The van der Waals surface area contributed by atoms with Gasteiger partial charge in [-0.15, -0.1) is 0 Å². The van der Waals surface area contributed by atoms with E-state index in [1.807, 2.05) is 0 Å². The fraction of sp³-hybridized carbons (Fsp3) is 0.583. The van der Waals surface area contributed by atoms with Crippen LogP contribution in [-0.4, -0.2) is 56.3 Å². The van der Waals surface area contributed by atoms with Crippen LogP contribution in [0.2, 0.25) is 0 Å². The van der Waals surface area contributed by atoms with Crippen molar-refractivity contribution in [1.82, 2.24) is 14.2 Å². The Labute approximate surface area is 114 Å². The van der Waals surface area contributed by atoms with Gasteiger partial charge in [-0.1, -0.05) is 0 Å². The van der Waals surface area contributed by atoms with Crippen LogP contribution in [0, 0.1) is 5.92 Å². The zero-order valence-electron chi connectivity index (χ0n) is 11.3. The number of sulfonamides is 1. The Hall–Kier alpha value is -1.18. The lowest BCUT2D eigenvalue weighted by Gasteiger charge is -2.20. The quantitative estimate of drug-likeness (QED) is 0.856. The second-order valence-electron chi connectivity index (χ2n) is 5.12. The summed E-state index contributed by atoms with van der Waals surface area (Å²) in [7, 11) is 0.205. The van der Waals surface area contributed by atoms with E-state index in [0.29, 0.717) is 18.3 Å². The molecule has 1 aliphatic heterocycles. The Balaban J connectivity index is 2.08. The highest BCUT2D eigenvalue weighted by Crippen LogP contribution is 2.20. The highest BCUT2D eigenvalue weighted by Gasteiger charge is 2.27. The minimum absolute atomic E-state index is 0.190. The Morgan fingerprint density at radius 3 is 2.79 bits per heavy atom. The third kappa shape index (κ3) is 3.23. The Bertz CT molecular complexity index is 529. The minimum Gasteiger partial charge on any atom is -0.384 e. The molecule has 2 heterocycles. The molecular formula is C12H20N4O2S. The zero-order valence-corrected chi connectivity index (χ0v) is 12.1. The molecule has 1 saturated heterocycles. The van der Waals surface area contributed by atoms with E-state index < -0.39 is 10.0 Å². The average molecular weight is 284 g/mol. The lowest BCUT2D eigenvalue weighted by molar-refractivity contribution is 0.356. The summed E-state index contributed by atoms with van der Waals surface area (Å²) in [5.74, 6) is 0.713. The number of likely N-dealkylation sites (tertiary alicyclic amines) is 1. The normalized spacial score (nSPS) is 21.1. The number of hydrogen-bond donors (Lipinski definition) is 1. The fourth-order valence-corrected chi connectivity index (χ4v) is 3.55. The topological polar surface area (TPSA) is 79.5 Å². The number of nitrogens with zero attached hydrogens (tertiary/aromatic N) is 3. The molecule has 0 saturated carbocycles. The molecule has 1 atom stereocenters. The van der Waals surface area contributed by atoms with Crippen LogP contribution >= 0.6 is 0 Å². The highest BCUT2D eigenvalue weighted by atomic mass is 32.2. The standard InChI is InChI=1S/C12H20N4O2S/c1-15-6-5-10(8-15)9-16(2)19(17,18)11-3-4-12(13)14-7-11/h3-4,7,10H,5-6,8-9H2,1-2H3,(H2,13,14). The Morgan fingerprint density at radius 1 is 1.53 bits per heavy atom. The molecule has 19 heavy (non-hydrogen) atoms. The van der Waals surface area contributed by atoms with Gasteiger partial charge in [0.2, 0.25) is 10.0 Å². The van der Waals surface area contributed by atoms with Gasteiger partial charge in [0.1, 0.15) is 10.7 Å². The van der Waals surface area contributed by atoms with Crippen LogP contribution in [0.1, 0.15) is 6.42 Å². The summed E-state index contributed by atoms with van der Waals surface area (Å²) >= 11 is 0. The molecule has 0 radical (unpaired) electrons. The molecule has 106 valence electrons. The lowest BCUT2D eigenvalue weighted by atomic mass is 10.1. The van der Waals surface area contributed by atoms with Crippen molar-refractivity contribution in [2.75, 3.05) is 39.5 Å². The van der Waals surface area contributed by atoms with Gasteiger partial charge in [0.05, 0.1) is 0 Å². The number of anilines is 1. The molecule has 0 aromatic carbocycles. The van der Waals surface area contributed by atoms with Crippen molar-refractivity contribution < 1.29 is 8.42 Å². The summed E-state index contributed by atoms with van der Waals surface area (Å²) in [5.41, 5.74) is 5.47. The van der Waals surface area contributed by atoms with Gasteiger partial charge in [0.25, 0.3) is 0 Å². The monoisotopic (exact) mass is 284 g/mol. The second kappa shape index (κ2) is 5.44. The maximum atomic E-state index is 12.3. The van der Waals surface area contributed by atoms with Crippen LogP contribution in [0.3, 0.4) is 0 Å². The number of pyridine rings is 1. The zero-order chi connectivity index (χ0) is 14.0. The van der Waals surface area contributed by atoms with Crippen LogP contribution in [0.4, 0.5) is 5.82 Å². The first-order valence-electron chi connectivity index (χ1n) is 6.26. The van der Waals surface area contributed by atoms with Crippen molar-refractivity contribution in [3.05, 3.63) is 18.3 Å². The molecule has 0 amide bonds. The Kier molecular flexibility index (Phi) is 4.07. The van der Waals surface area contributed by atoms with Crippen LogP contribution in [0.15, 0.2) is 23.2 Å². The summed E-state index contributed by atoms with van der Waals surface area (Å²) in [4.78, 5) is 6.24. The van der Waals surface area contributed by atoms with Gasteiger partial charge in [-0.3, -0.25) is 0 Å². The van der Waals surface area contributed by atoms with E-state index >= 15 is 0 Å². The van der Waals surface area contributed by atoms with Gasteiger partial charge in [0.15, 0.2) is 0 Å². The molecule has 1 unspecified atom stereocenters. The number of nitrogens with two attached hydrogens (primary N) is 1. The summed E-state index contributed by atoms with van der Waals surface area (Å²) in [5, 5.41) is 0. The predicted octanol–water partition coefficient (Wildman–Crippen LogP) is 0.236. The van der Waals surface area contributed by atoms with E-state index in [1.165, 1.54) is 22.6 Å². The maximum Gasteiger partial charge on any atom is 0.244 e. The van der Waals surface area contributed by atoms with Gasteiger partial charge in [0, 0.05) is 26.3 Å². The van der Waals surface area contributed by atoms with Gasteiger partial charge in [-0.2, -0.15) is 0 Å². The molecule has 1 aromatic heterocycles. The van der Waals surface area contributed by atoms with Crippen LogP contribution in [0.25, 0.3) is 0 Å². The van der Waals surface area contributed by atoms with Crippen LogP contribution in [0.5, 0.6) is 0 Å². The number of rotatable bonds is 4. The summed E-state index contributed by atoms with van der Waals surface area (Å²) < 4.78 is 26.1. The third-order valence-electron chi connectivity index (χ3n) is 3.47. The Morgan fingerprint density at radius 2 is 2.26 bits per heavy atom. The van der Waals surface area contributed by atoms with E-state index in [4.69, 9.17) is 5.73 Å². The second-order valence-corrected chi connectivity index (χ2v) is 7.17. The van der Waals surface area contributed by atoms with Gasteiger partial charge in [-0.05, 0) is 38.1 Å². The van der Waals surface area contributed by atoms with E-state index in [9.17, 15) is 8.42 Å². The summed E-state index contributed by atoms with van der Waals surface area (Å²) in [6.07, 6.45) is 2.35. The third-order valence-corrected chi connectivity index (χ3v) is 5.28. The highest BCUT2D eigenvalue weighted by molar-refractivity contribution is 7.89. The first-order valence-corrected chi connectivity index (χ1v) is 7.70. The molecule has 1 aliphatic rings. The average Bonchev–Trinajstić information content (AvgIpc) is 2.75. The van der Waals surface area contributed by atoms with Gasteiger partial charge in [-0.25, -0.2) is 17.7 Å². The molecule has 1 fully saturated rings. The molecule has 0 aliphatic carbocycles. The molecule has 7 heteroatoms. The molecule has 6 nitrogen and oxygen atoms in total. The van der Waals surface area contributed by atoms with E-state index in [1.54, 1.807) is 7.05 Å². The van der Waals surface area contributed by atoms with Gasteiger partial charge < -0.3 is 10.6 Å². The van der Waals surface area contributed by atoms with Crippen molar-refractivity contribution in [2.24, 2.45) is 5.92 Å². The molecule has 0 bridgehead atoms. The largest absolute Gasteiger partial charge is 0.384 e. The van der Waals surface area contributed by atoms with E-state index in [0.717, 1.165) is 19.5 Å². The van der Waals surface area contributed by atoms with E-state index in [2.05, 4.69) is 16.9 Å². The minimum atomic E-state index is -3.46. The number of hydrogen-bond acceptors (Lipinski definition) is 5. The molecule has 2 N–H and O–H groups in total. The van der Waals surface area contributed by atoms with Crippen molar-refractivity contribution in [3.8, 4) is 0 Å². The summed E-state index contributed by atoms with van der Waals surface area (Å²) in [6.45, 7) is 2.51. The lowest BCUT2D eigenvalue weighted by Crippen LogP contribution is -2.33. The molecular weight excluding hydrogens is 264 g/mol. The van der Waals surface area contributed by atoms with Crippen molar-refractivity contribution >= 4 is 15.8 Å².